The molecule has 6 nitrogen and oxygen atoms in total. The van der Waals surface area contributed by atoms with E-state index in [9.17, 15) is 9.59 Å². The number of halogens is 3. The zero-order chi connectivity index (χ0) is 17.0. The summed E-state index contributed by atoms with van der Waals surface area (Å²) >= 11 is 18.7. The molecule has 1 unspecified atom stereocenters. The van der Waals surface area contributed by atoms with Gasteiger partial charge in [-0.05, 0) is 12.1 Å². The number of rotatable bonds is 3. The molecule has 10 heteroatoms. The van der Waals surface area contributed by atoms with Gasteiger partial charge in [-0.3, -0.25) is 15.0 Å². The summed E-state index contributed by atoms with van der Waals surface area (Å²) in [6, 6.07) is 9.02. The maximum Gasteiger partial charge on any atom is 0.256 e. The highest BCUT2D eigenvalue weighted by atomic mass is 35.6. The standard InChI is InChI=1S/C13H13Cl3N4O2S/c1-8(21)17-11(13(14,15)16)18-12-19-20(10(22)7-23-12)9-5-3-2-4-6-9/h2-6,11H,7H2,1H3,(H,17,21)(H,18,19). The minimum atomic E-state index is -1.82. The largest absolute Gasteiger partial charge is 0.331 e. The zero-order valence-corrected chi connectivity index (χ0v) is 15.0. The first-order valence-corrected chi connectivity index (χ1v) is 8.58. The third-order valence-electron chi connectivity index (χ3n) is 2.70. The molecule has 1 heterocycles. The Morgan fingerprint density at radius 3 is 2.61 bits per heavy atom. The number of benzene rings is 1. The Morgan fingerprint density at radius 1 is 1.39 bits per heavy atom. The molecule has 0 spiro atoms. The molecule has 2 rings (SSSR count). The van der Waals surface area contributed by atoms with E-state index >= 15 is 0 Å². The van der Waals surface area contributed by atoms with Gasteiger partial charge in [-0.25, -0.2) is 10.0 Å². The molecule has 0 aromatic heterocycles. The summed E-state index contributed by atoms with van der Waals surface area (Å²) in [4.78, 5) is 27.5. The SMILES string of the molecule is CC(=O)NC(/N=C1/NN(c2ccccc2)C(=O)CS1)C(Cl)(Cl)Cl. The fraction of sp³-hybridized carbons (Fsp3) is 0.308. The van der Waals surface area contributed by atoms with Crippen LogP contribution in [0.4, 0.5) is 5.69 Å². The predicted molar refractivity (Wildman–Crippen MR) is 94.9 cm³/mol. The van der Waals surface area contributed by atoms with Crippen molar-refractivity contribution >= 4 is 69.2 Å². The number of hydrogen-bond donors (Lipinski definition) is 2. The molecular formula is C13H13Cl3N4O2S. The van der Waals surface area contributed by atoms with E-state index < -0.39 is 9.96 Å². The van der Waals surface area contributed by atoms with Crippen molar-refractivity contribution in [1.29, 1.82) is 0 Å². The maximum absolute atomic E-state index is 12.0. The van der Waals surface area contributed by atoms with Crippen LogP contribution in [0.15, 0.2) is 35.3 Å². The predicted octanol–water partition coefficient (Wildman–Crippen LogP) is 2.46. The lowest BCUT2D eigenvalue weighted by Crippen LogP contribution is -2.52. The van der Waals surface area contributed by atoms with E-state index in [-0.39, 0.29) is 17.6 Å². The van der Waals surface area contributed by atoms with Gasteiger partial charge in [-0.15, -0.1) is 0 Å². The van der Waals surface area contributed by atoms with Crippen molar-refractivity contribution in [3.8, 4) is 0 Å². The summed E-state index contributed by atoms with van der Waals surface area (Å²) in [5, 5.41) is 4.17. The zero-order valence-electron chi connectivity index (χ0n) is 11.9. The summed E-state index contributed by atoms with van der Waals surface area (Å²) in [7, 11) is 0. The van der Waals surface area contributed by atoms with Gasteiger partial charge in [0, 0.05) is 6.92 Å². The van der Waals surface area contributed by atoms with Crippen molar-refractivity contribution < 1.29 is 9.59 Å². The summed E-state index contributed by atoms with van der Waals surface area (Å²) < 4.78 is -1.82. The number of carbonyl (C=O) groups is 2. The van der Waals surface area contributed by atoms with Gasteiger partial charge in [0.05, 0.1) is 11.4 Å². The average Bonchev–Trinajstić information content (AvgIpc) is 2.48. The van der Waals surface area contributed by atoms with E-state index in [1.807, 2.05) is 18.2 Å². The van der Waals surface area contributed by atoms with Gasteiger partial charge in [-0.2, -0.15) is 0 Å². The van der Waals surface area contributed by atoms with Crippen LogP contribution >= 0.6 is 46.6 Å². The van der Waals surface area contributed by atoms with Gasteiger partial charge < -0.3 is 5.32 Å². The molecule has 124 valence electrons. The van der Waals surface area contributed by atoms with Gasteiger partial charge in [0.25, 0.3) is 5.91 Å². The van der Waals surface area contributed by atoms with Crippen LogP contribution in [0, 0.1) is 0 Å². The number of thioether (sulfide) groups is 1. The number of aliphatic imine (C=N–C) groups is 1. The minimum absolute atomic E-state index is 0.134. The number of carbonyl (C=O) groups excluding carboxylic acids is 2. The molecular weight excluding hydrogens is 383 g/mol. The van der Waals surface area contributed by atoms with Crippen molar-refractivity contribution in [1.82, 2.24) is 10.7 Å². The molecule has 0 radical (unpaired) electrons. The smallest absolute Gasteiger partial charge is 0.256 e. The average molecular weight is 396 g/mol. The van der Waals surface area contributed by atoms with Crippen molar-refractivity contribution in [2.45, 2.75) is 16.9 Å². The van der Waals surface area contributed by atoms with Crippen LogP contribution in [-0.2, 0) is 9.59 Å². The van der Waals surface area contributed by atoms with Gasteiger partial charge >= 0.3 is 0 Å². The Labute approximate surface area is 152 Å². The van der Waals surface area contributed by atoms with Crippen LogP contribution in [0.25, 0.3) is 0 Å². The molecule has 0 aliphatic carbocycles. The number of anilines is 1. The van der Waals surface area contributed by atoms with Crippen LogP contribution in [-0.4, -0.2) is 32.7 Å². The highest BCUT2D eigenvalue weighted by Crippen LogP contribution is 2.32. The monoisotopic (exact) mass is 394 g/mol. The molecule has 0 bridgehead atoms. The number of hydrazine groups is 1. The van der Waals surface area contributed by atoms with Crippen LogP contribution in [0.5, 0.6) is 0 Å². The van der Waals surface area contributed by atoms with E-state index in [4.69, 9.17) is 34.8 Å². The second-order valence-electron chi connectivity index (χ2n) is 4.54. The second-order valence-corrected chi connectivity index (χ2v) is 7.88. The van der Waals surface area contributed by atoms with E-state index in [1.54, 1.807) is 12.1 Å². The Balaban J connectivity index is 2.22. The molecule has 1 saturated heterocycles. The van der Waals surface area contributed by atoms with Crippen molar-refractivity contribution in [2.75, 3.05) is 10.8 Å². The van der Waals surface area contributed by atoms with Gasteiger partial charge in [-0.1, -0.05) is 64.8 Å². The first-order valence-electron chi connectivity index (χ1n) is 6.46. The number of nitrogens with one attached hydrogen (secondary N) is 2. The molecule has 23 heavy (non-hydrogen) atoms. The topological polar surface area (TPSA) is 73.8 Å². The first-order chi connectivity index (χ1) is 10.8. The lowest BCUT2D eigenvalue weighted by molar-refractivity contribution is -0.119. The van der Waals surface area contributed by atoms with Crippen LogP contribution < -0.4 is 15.8 Å². The van der Waals surface area contributed by atoms with Crippen molar-refractivity contribution in [3.05, 3.63) is 30.3 Å². The van der Waals surface area contributed by atoms with E-state index in [0.717, 1.165) is 11.8 Å². The number of alkyl halides is 3. The molecule has 2 amide bonds. The number of amides is 2. The number of nitrogens with zero attached hydrogens (tertiary/aromatic N) is 2. The van der Waals surface area contributed by atoms with E-state index in [2.05, 4.69) is 15.7 Å². The molecule has 1 aromatic rings. The maximum atomic E-state index is 12.0. The molecule has 1 aromatic carbocycles. The Bertz CT molecular complexity index is 621. The van der Waals surface area contributed by atoms with Crippen LogP contribution in [0.1, 0.15) is 6.92 Å². The lowest BCUT2D eigenvalue weighted by Gasteiger charge is -2.30. The van der Waals surface area contributed by atoms with E-state index in [0.29, 0.717) is 10.9 Å². The normalized spacial score (nSPS) is 18.5. The lowest BCUT2D eigenvalue weighted by atomic mass is 10.3. The second kappa shape index (κ2) is 7.61. The third-order valence-corrected chi connectivity index (χ3v) is 4.18. The molecule has 1 fully saturated rings. The molecule has 1 aliphatic rings. The third kappa shape index (κ3) is 5.17. The number of amidine groups is 1. The fourth-order valence-corrected chi connectivity index (χ4v) is 2.77. The highest BCUT2D eigenvalue weighted by molar-refractivity contribution is 8.14. The summed E-state index contributed by atoms with van der Waals surface area (Å²) in [6.07, 6.45) is -1.08. The summed E-state index contributed by atoms with van der Waals surface area (Å²) in [5.74, 6) is -0.347. The Morgan fingerprint density at radius 2 is 2.04 bits per heavy atom. The number of para-hydroxylation sites is 1. The van der Waals surface area contributed by atoms with Gasteiger partial charge in [0.15, 0.2) is 11.3 Å². The quantitative estimate of drug-likeness (QED) is 0.771. The van der Waals surface area contributed by atoms with Gasteiger partial charge in [0.2, 0.25) is 9.70 Å². The fourth-order valence-electron chi connectivity index (χ4n) is 1.73. The van der Waals surface area contributed by atoms with Crippen molar-refractivity contribution in [3.63, 3.8) is 0 Å². The van der Waals surface area contributed by atoms with E-state index in [1.165, 1.54) is 11.9 Å². The summed E-state index contributed by atoms with van der Waals surface area (Å²) in [6.45, 7) is 1.30. The van der Waals surface area contributed by atoms with Crippen LogP contribution in [0.3, 0.4) is 0 Å². The minimum Gasteiger partial charge on any atom is -0.331 e. The van der Waals surface area contributed by atoms with Crippen molar-refractivity contribution in [2.24, 2.45) is 4.99 Å². The molecule has 1 atom stereocenters. The summed E-state index contributed by atoms with van der Waals surface area (Å²) in [5.41, 5.74) is 3.53. The highest BCUT2D eigenvalue weighted by Gasteiger charge is 2.35. The van der Waals surface area contributed by atoms with Gasteiger partial charge in [0.1, 0.15) is 0 Å². The Kier molecular flexibility index (Phi) is 6.02. The number of hydrogen-bond acceptors (Lipinski definition) is 4. The molecule has 2 N–H and O–H groups in total. The molecule has 0 saturated carbocycles. The van der Waals surface area contributed by atoms with Crippen LogP contribution in [0.2, 0.25) is 0 Å². The first kappa shape index (κ1) is 18.2. The molecule has 1 aliphatic heterocycles. The Hall–Kier alpha value is -1.15.